The third-order valence-electron chi connectivity index (χ3n) is 2.35. The van der Waals surface area contributed by atoms with Crippen molar-refractivity contribution in [3.63, 3.8) is 0 Å². The Morgan fingerprint density at radius 1 is 1.62 bits per heavy atom. The molecule has 1 N–H and O–H groups in total. The molecule has 0 aliphatic heterocycles. The van der Waals surface area contributed by atoms with Crippen LogP contribution in [-0.2, 0) is 20.9 Å². The predicted octanol–water partition coefficient (Wildman–Crippen LogP) is 1.68. The Bertz CT molecular complexity index is 319. The maximum Gasteiger partial charge on any atom is 0.335 e. The van der Waals surface area contributed by atoms with Crippen LogP contribution < -0.4 is 0 Å². The van der Waals surface area contributed by atoms with Gasteiger partial charge in [0.05, 0.1) is 6.26 Å². The first-order valence-electron chi connectivity index (χ1n) is 4.97. The average molecular weight is 228 g/mol. The van der Waals surface area contributed by atoms with E-state index in [-0.39, 0.29) is 6.61 Å². The van der Waals surface area contributed by atoms with Gasteiger partial charge in [0.2, 0.25) is 0 Å². The highest BCUT2D eigenvalue weighted by molar-refractivity contribution is 5.76. The Morgan fingerprint density at radius 2 is 2.38 bits per heavy atom. The Labute approximate surface area is 94.0 Å². The van der Waals surface area contributed by atoms with Crippen LogP contribution in [0.2, 0.25) is 0 Å². The first-order chi connectivity index (χ1) is 7.58. The highest BCUT2D eigenvalue weighted by Crippen LogP contribution is 2.18. The van der Waals surface area contributed by atoms with Gasteiger partial charge in [-0.25, -0.2) is 4.79 Å². The molecule has 0 aliphatic carbocycles. The van der Waals surface area contributed by atoms with Crippen LogP contribution in [0.1, 0.15) is 19.1 Å². The standard InChI is InChI=1S/C11H16O5/c1-11(10(12)13,5-7-14-2)16-8-9-4-3-6-15-9/h3-4,6H,5,7-8H2,1-2H3,(H,12,13). The molecule has 1 atom stereocenters. The zero-order valence-corrected chi connectivity index (χ0v) is 9.43. The number of methoxy groups -OCH3 is 1. The lowest BCUT2D eigenvalue weighted by Crippen LogP contribution is -2.39. The van der Waals surface area contributed by atoms with Gasteiger partial charge in [0.15, 0.2) is 5.60 Å². The molecule has 0 spiro atoms. The Morgan fingerprint density at radius 3 is 2.88 bits per heavy atom. The van der Waals surface area contributed by atoms with Gasteiger partial charge in [-0.2, -0.15) is 0 Å². The lowest BCUT2D eigenvalue weighted by molar-refractivity contribution is -0.168. The summed E-state index contributed by atoms with van der Waals surface area (Å²) in [5.41, 5.74) is -1.25. The fourth-order valence-electron chi connectivity index (χ4n) is 1.16. The van der Waals surface area contributed by atoms with Gasteiger partial charge in [0.1, 0.15) is 12.4 Å². The predicted molar refractivity (Wildman–Crippen MR) is 56.0 cm³/mol. The molecule has 5 nitrogen and oxygen atoms in total. The largest absolute Gasteiger partial charge is 0.479 e. The summed E-state index contributed by atoms with van der Waals surface area (Å²) in [7, 11) is 1.52. The minimum Gasteiger partial charge on any atom is -0.479 e. The second-order valence-corrected chi connectivity index (χ2v) is 3.65. The van der Waals surface area contributed by atoms with Crippen molar-refractivity contribution >= 4 is 5.97 Å². The number of furan rings is 1. The number of aliphatic carboxylic acids is 1. The number of rotatable bonds is 7. The summed E-state index contributed by atoms with van der Waals surface area (Å²) >= 11 is 0. The van der Waals surface area contributed by atoms with Gasteiger partial charge in [0.25, 0.3) is 0 Å². The second-order valence-electron chi connectivity index (χ2n) is 3.65. The molecule has 0 aliphatic rings. The van der Waals surface area contributed by atoms with Crippen molar-refractivity contribution in [3.05, 3.63) is 24.2 Å². The number of hydrogen-bond acceptors (Lipinski definition) is 4. The highest BCUT2D eigenvalue weighted by atomic mass is 16.5. The molecule has 1 rings (SSSR count). The smallest absolute Gasteiger partial charge is 0.335 e. The Kier molecular flexibility index (Phi) is 4.52. The van der Waals surface area contributed by atoms with Gasteiger partial charge >= 0.3 is 5.97 Å². The van der Waals surface area contributed by atoms with E-state index in [0.29, 0.717) is 18.8 Å². The summed E-state index contributed by atoms with van der Waals surface area (Å²) in [5.74, 6) is -0.402. The normalized spacial score (nSPS) is 14.6. The number of carboxylic acids is 1. The molecule has 5 heteroatoms. The van der Waals surface area contributed by atoms with E-state index >= 15 is 0 Å². The van der Waals surface area contributed by atoms with Crippen molar-refractivity contribution in [2.24, 2.45) is 0 Å². The molecule has 90 valence electrons. The topological polar surface area (TPSA) is 68.9 Å². The van der Waals surface area contributed by atoms with Gasteiger partial charge in [-0.3, -0.25) is 0 Å². The van der Waals surface area contributed by atoms with Crippen LogP contribution in [0.5, 0.6) is 0 Å². The maximum atomic E-state index is 11.1. The summed E-state index contributed by atoms with van der Waals surface area (Å²) in [6.45, 7) is 2.00. The molecule has 0 saturated heterocycles. The summed E-state index contributed by atoms with van der Waals surface area (Å²) in [4.78, 5) is 11.1. The molecular formula is C11H16O5. The fourth-order valence-corrected chi connectivity index (χ4v) is 1.16. The average Bonchev–Trinajstić information content (AvgIpc) is 2.76. The van der Waals surface area contributed by atoms with Crippen molar-refractivity contribution < 1.29 is 23.8 Å². The van der Waals surface area contributed by atoms with Crippen LogP contribution in [0.3, 0.4) is 0 Å². The summed E-state index contributed by atoms with van der Waals surface area (Å²) in [6, 6.07) is 3.46. The lowest BCUT2D eigenvalue weighted by Gasteiger charge is -2.24. The van der Waals surface area contributed by atoms with Gasteiger partial charge in [0, 0.05) is 20.1 Å². The van der Waals surface area contributed by atoms with Crippen molar-refractivity contribution in [2.75, 3.05) is 13.7 Å². The number of ether oxygens (including phenoxy) is 2. The van der Waals surface area contributed by atoms with Crippen molar-refractivity contribution in [2.45, 2.75) is 25.6 Å². The summed E-state index contributed by atoms with van der Waals surface area (Å²) in [6.07, 6.45) is 1.81. The van der Waals surface area contributed by atoms with Crippen molar-refractivity contribution in [1.29, 1.82) is 0 Å². The molecule has 0 aromatic carbocycles. The van der Waals surface area contributed by atoms with Gasteiger partial charge in [-0.05, 0) is 19.1 Å². The quantitative estimate of drug-likeness (QED) is 0.768. The molecule has 1 aromatic heterocycles. The number of carbonyl (C=O) groups is 1. The summed E-state index contributed by atoms with van der Waals surface area (Å²) < 4.78 is 15.3. The molecule has 1 aromatic rings. The van der Waals surface area contributed by atoms with Crippen LogP contribution in [0, 0.1) is 0 Å². The molecule has 1 unspecified atom stereocenters. The second kappa shape index (κ2) is 5.67. The minimum atomic E-state index is -1.25. The minimum absolute atomic E-state index is 0.138. The summed E-state index contributed by atoms with van der Waals surface area (Å²) in [5, 5.41) is 9.08. The van der Waals surface area contributed by atoms with Gasteiger partial charge in [-0.1, -0.05) is 0 Å². The van der Waals surface area contributed by atoms with E-state index in [2.05, 4.69) is 0 Å². The van der Waals surface area contributed by atoms with E-state index in [1.54, 1.807) is 12.1 Å². The van der Waals surface area contributed by atoms with E-state index in [1.165, 1.54) is 20.3 Å². The lowest BCUT2D eigenvalue weighted by atomic mass is 10.0. The number of carboxylic acid groups (broad SMARTS) is 1. The zero-order valence-electron chi connectivity index (χ0n) is 9.43. The van der Waals surface area contributed by atoms with E-state index in [1.807, 2.05) is 0 Å². The van der Waals surface area contributed by atoms with Crippen LogP contribution in [0.15, 0.2) is 22.8 Å². The van der Waals surface area contributed by atoms with E-state index < -0.39 is 11.6 Å². The van der Waals surface area contributed by atoms with Gasteiger partial charge in [-0.15, -0.1) is 0 Å². The van der Waals surface area contributed by atoms with Crippen LogP contribution in [0.25, 0.3) is 0 Å². The first-order valence-corrected chi connectivity index (χ1v) is 4.97. The van der Waals surface area contributed by atoms with E-state index in [0.717, 1.165) is 0 Å². The van der Waals surface area contributed by atoms with Crippen LogP contribution in [0.4, 0.5) is 0 Å². The molecule has 0 fully saturated rings. The van der Waals surface area contributed by atoms with E-state index in [4.69, 9.17) is 19.0 Å². The van der Waals surface area contributed by atoms with Crippen molar-refractivity contribution in [1.82, 2.24) is 0 Å². The Balaban J connectivity index is 2.53. The third kappa shape index (κ3) is 3.36. The SMILES string of the molecule is COCCC(C)(OCc1ccco1)C(=O)O. The van der Waals surface area contributed by atoms with Crippen LogP contribution >= 0.6 is 0 Å². The molecule has 0 amide bonds. The highest BCUT2D eigenvalue weighted by Gasteiger charge is 2.34. The fraction of sp³-hybridized carbons (Fsp3) is 0.545. The monoisotopic (exact) mass is 228 g/mol. The Hall–Kier alpha value is -1.33. The molecule has 16 heavy (non-hydrogen) atoms. The van der Waals surface area contributed by atoms with E-state index in [9.17, 15) is 4.79 Å². The molecule has 1 heterocycles. The molecule has 0 saturated carbocycles. The van der Waals surface area contributed by atoms with Gasteiger partial charge < -0.3 is 19.0 Å². The maximum absolute atomic E-state index is 11.1. The third-order valence-corrected chi connectivity index (χ3v) is 2.35. The molecule has 0 radical (unpaired) electrons. The molecular weight excluding hydrogens is 212 g/mol. The van der Waals surface area contributed by atoms with Crippen molar-refractivity contribution in [3.8, 4) is 0 Å². The van der Waals surface area contributed by atoms with Crippen LogP contribution in [-0.4, -0.2) is 30.4 Å². The zero-order chi connectivity index (χ0) is 12.0. The molecule has 0 bridgehead atoms. The number of hydrogen-bond donors (Lipinski definition) is 1. The first kappa shape index (κ1) is 12.7.